The number of rotatable bonds is 6. The quantitative estimate of drug-likeness (QED) is 0.400. The van der Waals surface area contributed by atoms with Gasteiger partial charge in [0.1, 0.15) is 17.3 Å². The largest absolute Gasteiger partial charge is 0.493 e. The molecule has 2 heterocycles. The monoisotopic (exact) mass is 430 g/mol. The molecule has 0 bridgehead atoms. The van der Waals surface area contributed by atoms with E-state index < -0.39 is 0 Å². The molecule has 1 N–H and O–H groups in total. The summed E-state index contributed by atoms with van der Waals surface area (Å²) in [6.45, 7) is 4.91. The Morgan fingerprint density at radius 2 is 1.77 bits per heavy atom. The fraction of sp³-hybridized carbons (Fsp3) is 0.560. The number of fused-ring (bicyclic) bond motifs is 1. The molecule has 0 saturated carbocycles. The molecule has 164 valence electrons. The molecule has 2 aliphatic rings. The highest BCUT2D eigenvalue weighted by atomic mass is 32.2. The molecule has 2 saturated heterocycles. The maximum atomic E-state index is 10.9. The lowest BCUT2D eigenvalue weighted by atomic mass is 9.99. The Morgan fingerprint density at radius 3 is 2.43 bits per heavy atom. The molecule has 0 unspecified atom stereocenters. The van der Waals surface area contributed by atoms with Gasteiger partial charge in [-0.15, -0.1) is 0 Å². The minimum atomic E-state index is -0.0542. The Morgan fingerprint density at radius 1 is 1.07 bits per heavy atom. The Kier molecular flexibility index (Phi) is 9.34. The fourth-order valence-corrected chi connectivity index (χ4v) is 6.55. The van der Waals surface area contributed by atoms with Crippen LogP contribution in [-0.4, -0.2) is 44.3 Å². The lowest BCUT2D eigenvalue weighted by molar-refractivity contribution is -0.146. The van der Waals surface area contributed by atoms with Crippen molar-refractivity contribution >= 4 is 27.6 Å². The first kappa shape index (κ1) is 23.0. The first-order valence-corrected chi connectivity index (χ1v) is 12.9. The van der Waals surface area contributed by atoms with Gasteiger partial charge in [0.05, 0.1) is 19.6 Å². The summed E-state index contributed by atoms with van der Waals surface area (Å²) in [6, 6.07) is 13.3. The number of esters is 1. The molecule has 2 fully saturated rings. The second kappa shape index (κ2) is 12.2. The van der Waals surface area contributed by atoms with Crippen LogP contribution in [-0.2, 0) is 20.4 Å². The highest BCUT2D eigenvalue weighted by Gasteiger charge is 2.29. The van der Waals surface area contributed by atoms with Gasteiger partial charge in [-0.1, -0.05) is 31.5 Å². The summed E-state index contributed by atoms with van der Waals surface area (Å²) in [6.07, 6.45) is 6.94. The van der Waals surface area contributed by atoms with Crippen LogP contribution in [0.4, 0.5) is 0 Å². The molecule has 4 nitrogen and oxygen atoms in total. The van der Waals surface area contributed by atoms with Gasteiger partial charge < -0.3 is 14.8 Å². The first-order valence-electron chi connectivity index (χ1n) is 11.3. The number of carbonyl (C=O) groups excluding carboxylic acids is 1. The van der Waals surface area contributed by atoms with Crippen LogP contribution in [0.1, 0.15) is 45.4 Å². The molecule has 0 amide bonds. The summed E-state index contributed by atoms with van der Waals surface area (Å²) >= 11 is 0. The van der Waals surface area contributed by atoms with Gasteiger partial charge in [-0.05, 0) is 63.4 Å². The van der Waals surface area contributed by atoms with E-state index in [4.69, 9.17) is 4.74 Å². The van der Waals surface area contributed by atoms with E-state index in [1.54, 1.807) is 4.90 Å². The van der Waals surface area contributed by atoms with Gasteiger partial charge in [0.15, 0.2) is 4.90 Å². The molecule has 4 rings (SSSR count). The summed E-state index contributed by atoms with van der Waals surface area (Å²) in [5.74, 6) is 3.90. The van der Waals surface area contributed by atoms with Gasteiger partial charge in [0.2, 0.25) is 0 Å². The van der Waals surface area contributed by atoms with Crippen molar-refractivity contribution < 1.29 is 14.3 Å². The number of ether oxygens (including phenoxy) is 2. The third-order valence-electron chi connectivity index (χ3n) is 5.82. The van der Waals surface area contributed by atoms with Crippen LogP contribution >= 0.6 is 0 Å². The summed E-state index contributed by atoms with van der Waals surface area (Å²) in [5.41, 5.74) is 0. The van der Waals surface area contributed by atoms with Gasteiger partial charge in [-0.3, -0.25) is 4.79 Å². The molecule has 0 aromatic heterocycles. The average molecular weight is 431 g/mol. The molecular weight excluding hydrogens is 394 g/mol. The Balaban J connectivity index is 0.000000216. The van der Waals surface area contributed by atoms with Gasteiger partial charge in [-0.25, -0.2) is 0 Å². The molecular formula is C25H36NO3S+. The molecule has 5 heteroatoms. The van der Waals surface area contributed by atoms with Crippen molar-refractivity contribution in [3.63, 3.8) is 0 Å². The van der Waals surface area contributed by atoms with Gasteiger partial charge in [-0.2, -0.15) is 0 Å². The van der Waals surface area contributed by atoms with E-state index in [0.717, 1.165) is 44.7 Å². The van der Waals surface area contributed by atoms with Crippen LogP contribution < -0.4 is 10.1 Å². The lowest BCUT2D eigenvalue weighted by Gasteiger charge is -2.19. The molecule has 0 spiro atoms. The van der Waals surface area contributed by atoms with E-state index in [9.17, 15) is 4.79 Å². The third-order valence-corrected chi connectivity index (χ3v) is 8.36. The van der Waals surface area contributed by atoms with Crippen LogP contribution in [0.3, 0.4) is 0 Å². The SMILES string of the molecule is CCCCOc1ccc([S+]2CCCC2)c2ccccc12.COC(=O)C1CCNCC1. The average Bonchev–Trinajstić information content (AvgIpc) is 3.34. The predicted octanol–water partition coefficient (Wildman–Crippen LogP) is 4.95. The van der Waals surface area contributed by atoms with Crippen LogP contribution in [0.25, 0.3) is 10.8 Å². The summed E-state index contributed by atoms with van der Waals surface area (Å²) < 4.78 is 10.6. The van der Waals surface area contributed by atoms with Crippen molar-refractivity contribution in [2.45, 2.75) is 50.3 Å². The van der Waals surface area contributed by atoms with Crippen LogP contribution in [0.5, 0.6) is 5.75 Å². The Labute approximate surface area is 184 Å². The predicted molar refractivity (Wildman–Crippen MR) is 127 cm³/mol. The van der Waals surface area contributed by atoms with E-state index in [-0.39, 0.29) is 11.9 Å². The third kappa shape index (κ3) is 6.14. The van der Waals surface area contributed by atoms with E-state index in [0.29, 0.717) is 10.9 Å². The number of methoxy groups -OCH3 is 1. The molecule has 2 aliphatic heterocycles. The van der Waals surface area contributed by atoms with Gasteiger partial charge >= 0.3 is 5.97 Å². The molecule has 2 aromatic carbocycles. The van der Waals surface area contributed by atoms with Crippen LogP contribution in [0, 0.1) is 5.92 Å². The normalized spacial score (nSPS) is 17.4. The number of hydrogen-bond donors (Lipinski definition) is 1. The second-order valence-corrected chi connectivity index (χ2v) is 10.2. The summed E-state index contributed by atoms with van der Waals surface area (Å²) in [7, 11) is 1.91. The zero-order valence-electron chi connectivity index (χ0n) is 18.5. The highest BCUT2D eigenvalue weighted by molar-refractivity contribution is 7.97. The van der Waals surface area contributed by atoms with Crippen molar-refractivity contribution in [1.29, 1.82) is 0 Å². The Bertz CT molecular complexity index is 798. The first-order chi connectivity index (χ1) is 14.7. The van der Waals surface area contributed by atoms with Gasteiger partial charge in [0.25, 0.3) is 0 Å². The standard InChI is InChI=1S/C18H23OS.C7H13NO2/c1-2-3-12-19-17-10-11-18(20-13-6-7-14-20)16-9-5-4-8-15(16)17;1-10-7(9)6-2-4-8-5-3-6/h4-5,8-11H,2-3,6-7,12-14H2,1H3;6,8H,2-5H2,1H3/q+1;. The molecule has 0 aliphatic carbocycles. The van der Waals surface area contributed by atoms with E-state index in [1.165, 1.54) is 48.7 Å². The Hall–Kier alpha value is -1.72. The second-order valence-electron chi connectivity index (χ2n) is 7.97. The summed E-state index contributed by atoms with van der Waals surface area (Å²) in [4.78, 5) is 12.5. The number of unbranched alkanes of at least 4 members (excludes halogenated alkanes) is 1. The summed E-state index contributed by atoms with van der Waals surface area (Å²) in [5, 5.41) is 5.89. The van der Waals surface area contributed by atoms with E-state index in [2.05, 4.69) is 53.4 Å². The zero-order valence-corrected chi connectivity index (χ0v) is 19.3. The van der Waals surface area contributed by atoms with Crippen molar-refractivity contribution in [3.8, 4) is 5.75 Å². The van der Waals surface area contributed by atoms with Gasteiger partial charge in [0, 0.05) is 21.7 Å². The molecule has 0 radical (unpaired) electrons. The molecule has 30 heavy (non-hydrogen) atoms. The number of hydrogen-bond acceptors (Lipinski definition) is 4. The van der Waals surface area contributed by atoms with Crippen LogP contribution in [0.2, 0.25) is 0 Å². The number of carbonyl (C=O) groups is 1. The molecule has 2 aromatic rings. The number of benzene rings is 2. The smallest absolute Gasteiger partial charge is 0.308 e. The maximum Gasteiger partial charge on any atom is 0.308 e. The van der Waals surface area contributed by atoms with Crippen molar-refractivity contribution in [2.75, 3.05) is 38.3 Å². The minimum absolute atomic E-state index is 0.0542. The van der Waals surface area contributed by atoms with E-state index in [1.807, 2.05) is 0 Å². The van der Waals surface area contributed by atoms with Crippen LogP contribution in [0.15, 0.2) is 41.3 Å². The molecule has 0 atom stereocenters. The minimum Gasteiger partial charge on any atom is -0.493 e. The number of nitrogens with one attached hydrogen (secondary N) is 1. The van der Waals surface area contributed by atoms with Crippen molar-refractivity contribution in [1.82, 2.24) is 5.32 Å². The zero-order chi connectivity index (χ0) is 21.2. The lowest BCUT2D eigenvalue weighted by Crippen LogP contribution is -2.32. The topological polar surface area (TPSA) is 47.6 Å². The fourth-order valence-electron chi connectivity index (χ4n) is 4.05. The number of piperidine rings is 1. The van der Waals surface area contributed by atoms with Crippen molar-refractivity contribution in [2.24, 2.45) is 5.92 Å². The highest BCUT2D eigenvalue weighted by Crippen LogP contribution is 2.34. The van der Waals surface area contributed by atoms with E-state index >= 15 is 0 Å². The van der Waals surface area contributed by atoms with Crippen molar-refractivity contribution in [3.05, 3.63) is 36.4 Å². The maximum absolute atomic E-state index is 10.9.